The van der Waals surface area contributed by atoms with Gasteiger partial charge in [0.15, 0.2) is 0 Å². The van der Waals surface area contributed by atoms with Crippen LogP contribution in [0.4, 0.5) is 0 Å². The zero-order valence-electron chi connectivity index (χ0n) is 7.69. The van der Waals surface area contributed by atoms with E-state index in [2.05, 4.69) is 5.10 Å². The van der Waals surface area contributed by atoms with E-state index < -0.39 is 14.6 Å². The van der Waals surface area contributed by atoms with Crippen molar-refractivity contribution in [2.75, 3.05) is 0 Å². The minimum atomic E-state index is -3.90. The van der Waals surface area contributed by atoms with Gasteiger partial charge in [-0.15, -0.1) is 0 Å². The first-order chi connectivity index (χ1) is 6.91. The molecule has 1 heterocycles. The van der Waals surface area contributed by atoms with Crippen LogP contribution in [0.5, 0.6) is 0 Å². The largest absolute Gasteiger partial charge is 0.288 e. The van der Waals surface area contributed by atoms with Gasteiger partial charge in [-0.05, 0) is 12.1 Å². The third-order valence-electron chi connectivity index (χ3n) is 2.12. The van der Waals surface area contributed by atoms with Gasteiger partial charge in [-0.1, -0.05) is 6.07 Å². The van der Waals surface area contributed by atoms with E-state index in [1.165, 1.54) is 16.8 Å². The lowest BCUT2D eigenvalue weighted by Gasteiger charge is -1.97. The van der Waals surface area contributed by atoms with E-state index in [0.717, 1.165) is 0 Å². The number of nitrogens with one attached hydrogen (secondary N) is 1. The molecule has 15 heavy (non-hydrogen) atoms. The molecule has 0 aliphatic carbocycles. The lowest BCUT2D eigenvalue weighted by Crippen LogP contribution is -2.04. The Bertz CT molecular complexity index is 683. The lowest BCUT2D eigenvalue weighted by molar-refractivity contribution is 0.610. The highest BCUT2D eigenvalue weighted by Crippen LogP contribution is 2.22. The Balaban J connectivity index is 3.07. The first kappa shape index (κ1) is 10.3. The van der Waals surface area contributed by atoms with Crippen molar-refractivity contribution in [3.8, 4) is 0 Å². The number of aromatic nitrogens is 2. The van der Waals surface area contributed by atoms with Crippen molar-refractivity contribution in [1.82, 2.24) is 9.78 Å². The van der Waals surface area contributed by atoms with Gasteiger partial charge < -0.3 is 0 Å². The molecule has 1 N–H and O–H groups in total. The summed E-state index contributed by atoms with van der Waals surface area (Å²) in [6.45, 7) is 0. The average molecular weight is 247 g/mol. The number of hydrogen-bond acceptors (Lipinski definition) is 3. The van der Waals surface area contributed by atoms with Crippen molar-refractivity contribution in [3.05, 3.63) is 28.6 Å². The molecule has 1 aromatic heterocycles. The predicted octanol–water partition coefficient (Wildman–Crippen LogP) is 0.794. The standard InChI is InChI=1S/C8H7ClN2O3S/c1-11-5-3-2-4-6(15(9,13)14)7(5)8(12)10-11/h2-4H,1H3,(H,10,12). The molecular weight excluding hydrogens is 240 g/mol. The highest BCUT2D eigenvalue weighted by molar-refractivity contribution is 8.14. The van der Waals surface area contributed by atoms with Crippen molar-refractivity contribution in [2.24, 2.45) is 7.05 Å². The quantitative estimate of drug-likeness (QED) is 0.757. The summed E-state index contributed by atoms with van der Waals surface area (Å²) in [4.78, 5) is 11.3. The van der Waals surface area contributed by atoms with E-state index in [4.69, 9.17) is 10.7 Å². The molecule has 0 radical (unpaired) electrons. The van der Waals surface area contributed by atoms with Gasteiger partial charge >= 0.3 is 0 Å². The fraction of sp³-hybridized carbons (Fsp3) is 0.125. The molecule has 0 saturated carbocycles. The molecule has 5 nitrogen and oxygen atoms in total. The Morgan fingerprint density at radius 1 is 1.40 bits per heavy atom. The average Bonchev–Trinajstić information content (AvgIpc) is 2.41. The van der Waals surface area contributed by atoms with Gasteiger partial charge in [0.2, 0.25) is 0 Å². The van der Waals surface area contributed by atoms with Gasteiger partial charge in [0.05, 0.1) is 15.8 Å². The van der Waals surface area contributed by atoms with Crippen molar-refractivity contribution in [2.45, 2.75) is 4.90 Å². The second kappa shape index (κ2) is 3.11. The highest BCUT2D eigenvalue weighted by atomic mass is 35.7. The van der Waals surface area contributed by atoms with Gasteiger partial charge in [0.25, 0.3) is 14.6 Å². The van der Waals surface area contributed by atoms with Crippen LogP contribution >= 0.6 is 10.7 Å². The summed E-state index contributed by atoms with van der Waals surface area (Å²) >= 11 is 0. The number of rotatable bonds is 1. The zero-order valence-corrected chi connectivity index (χ0v) is 9.26. The molecule has 1 aromatic carbocycles. The van der Waals surface area contributed by atoms with Crippen molar-refractivity contribution >= 4 is 30.6 Å². The molecule has 0 aliphatic heterocycles. The highest BCUT2D eigenvalue weighted by Gasteiger charge is 2.18. The summed E-state index contributed by atoms with van der Waals surface area (Å²) in [5.74, 6) is 0. The molecule has 0 spiro atoms. The van der Waals surface area contributed by atoms with Crippen LogP contribution in [0.2, 0.25) is 0 Å². The molecule has 0 saturated heterocycles. The van der Waals surface area contributed by atoms with Crippen LogP contribution in [-0.2, 0) is 16.1 Å². The molecule has 0 unspecified atom stereocenters. The van der Waals surface area contributed by atoms with Gasteiger partial charge in [-0.25, -0.2) is 8.42 Å². The third kappa shape index (κ3) is 1.55. The van der Waals surface area contributed by atoms with Crippen LogP contribution < -0.4 is 5.56 Å². The molecule has 0 fully saturated rings. The van der Waals surface area contributed by atoms with Crippen molar-refractivity contribution in [3.63, 3.8) is 0 Å². The van der Waals surface area contributed by atoms with E-state index in [0.29, 0.717) is 5.52 Å². The second-order valence-electron chi connectivity index (χ2n) is 3.09. The van der Waals surface area contributed by atoms with Crippen LogP contribution in [0.1, 0.15) is 0 Å². The first-order valence-electron chi connectivity index (χ1n) is 4.03. The maximum atomic E-state index is 11.5. The molecule has 0 bridgehead atoms. The number of aryl methyl sites for hydroxylation is 1. The van der Waals surface area contributed by atoms with Gasteiger partial charge in [-0.2, -0.15) is 0 Å². The summed E-state index contributed by atoms with van der Waals surface area (Å²) < 4.78 is 23.9. The lowest BCUT2D eigenvalue weighted by atomic mass is 10.2. The molecule has 7 heteroatoms. The van der Waals surface area contributed by atoms with Gasteiger partial charge in [-0.3, -0.25) is 14.6 Å². The smallest absolute Gasteiger partial charge is 0.273 e. The molecule has 2 aromatic rings. The number of H-pyrrole nitrogens is 1. The molecule has 2 rings (SSSR count). The maximum absolute atomic E-state index is 11.5. The van der Waals surface area contributed by atoms with Crippen LogP contribution in [0.15, 0.2) is 27.9 Å². The summed E-state index contributed by atoms with van der Waals surface area (Å²) in [6.07, 6.45) is 0. The van der Waals surface area contributed by atoms with E-state index >= 15 is 0 Å². The van der Waals surface area contributed by atoms with Crippen molar-refractivity contribution < 1.29 is 8.42 Å². The number of aromatic amines is 1. The molecule has 0 atom stereocenters. The molecule has 0 aliphatic rings. The predicted molar refractivity (Wildman–Crippen MR) is 56.6 cm³/mol. The van der Waals surface area contributed by atoms with E-state index in [9.17, 15) is 13.2 Å². The molecule has 80 valence electrons. The number of hydrogen-bond donors (Lipinski definition) is 1. The third-order valence-corrected chi connectivity index (χ3v) is 3.49. The van der Waals surface area contributed by atoms with E-state index in [-0.39, 0.29) is 10.3 Å². The summed E-state index contributed by atoms with van der Waals surface area (Å²) in [6, 6.07) is 4.48. The van der Waals surface area contributed by atoms with E-state index in [1.807, 2.05) is 0 Å². The number of benzene rings is 1. The maximum Gasteiger partial charge on any atom is 0.273 e. The normalized spacial score (nSPS) is 12.1. The van der Waals surface area contributed by atoms with Crippen LogP contribution in [-0.4, -0.2) is 18.2 Å². The van der Waals surface area contributed by atoms with Gasteiger partial charge in [0, 0.05) is 17.7 Å². The minimum Gasteiger partial charge on any atom is -0.288 e. The first-order valence-corrected chi connectivity index (χ1v) is 6.34. The number of nitrogens with zero attached hydrogens (tertiary/aromatic N) is 1. The van der Waals surface area contributed by atoms with Crippen LogP contribution in [0.3, 0.4) is 0 Å². The Morgan fingerprint density at radius 3 is 2.67 bits per heavy atom. The summed E-state index contributed by atoms with van der Waals surface area (Å²) in [7, 11) is 2.95. The van der Waals surface area contributed by atoms with Crippen LogP contribution in [0, 0.1) is 0 Å². The fourth-order valence-corrected chi connectivity index (χ4v) is 2.57. The van der Waals surface area contributed by atoms with Crippen molar-refractivity contribution in [1.29, 1.82) is 0 Å². The Labute approximate surface area is 89.7 Å². The fourth-order valence-electron chi connectivity index (χ4n) is 1.50. The van der Waals surface area contributed by atoms with Crippen LogP contribution in [0.25, 0.3) is 10.9 Å². The van der Waals surface area contributed by atoms with E-state index in [1.54, 1.807) is 13.1 Å². The Kier molecular flexibility index (Phi) is 2.13. The monoisotopic (exact) mass is 246 g/mol. The molecular formula is C8H7ClN2O3S. The number of fused-ring (bicyclic) bond motifs is 1. The molecule has 0 amide bonds. The number of halogens is 1. The Hall–Kier alpha value is -1.27. The zero-order chi connectivity index (χ0) is 11.2. The topological polar surface area (TPSA) is 71.9 Å². The SMILES string of the molecule is Cn1[nH]c(=O)c2c(S(=O)(=O)Cl)cccc21. The minimum absolute atomic E-state index is 0.0926. The summed E-state index contributed by atoms with van der Waals surface area (Å²) in [5, 5.41) is 2.56. The second-order valence-corrected chi connectivity index (χ2v) is 5.62. The van der Waals surface area contributed by atoms with Gasteiger partial charge in [0.1, 0.15) is 0 Å². The summed E-state index contributed by atoms with van der Waals surface area (Å²) in [5.41, 5.74) is 0.0362. The Morgan fingerprint density at radius 2 is 2.07 bits per heavy atom.